The highest BCUT2D eigenvalue weighted by molar-refractivity contribution is 6.34. The second-order valence-electron chi connectivity index (χ2n) is 2.65. The SMILES string of the molecule is CNc1cc2[nH]ccc2cc1Cl. The van der Waals surface area contributed by atoms with Gasteiger partial charge in [0.25, 0.3) is 0 Å². The molecule has 2 aromatic rings. The van der Waals surface area contributed by atoms with Crippen LogP contribution in [-0.2, 0) is 0 Å². The summed E-state index contributed by atoms with van der Waals surface area (Å²) in [7, 11) is 1.86. The lowest BCUT2D eigenvalue weighted by molar-refractivity contribution is 1.46. The minimum absolute atomic E-state index is 0.754. The molecule has 1 heterocycles. The molecule has 0 spiro atoms. The summed E-state index contributed by atoms with van der Waals surface area (Å²) in [5.74, 6) is 0. The smallest absolute Gasteiger partial charge is 0.0644 e. The zero-order chi connectivity index (χ0) is 8.55. The Labute approximate surface area is 75.5 Å². The van der Waals surface area contributed by atoms with Crippen LogP contribution in [0, 0.1) is 0 Å². The maximum atomic E-state index is 5.98. The van der Waals surface area contributed by atoms with Gasteiger partial charge in [-0.15, -0.1) is 0 Å². The van der Waals surface area contributed by atoms with E-state index in [0.29, 0.717) is 0 Å². The number of nitrogens with one attached hydrogen (secondary N) is 2. The number of anilines is 1. The number of rotatable bonds is 1. The van der Waals surface area contributed by atoms with Crippen LogP contribution in [0.3, 0.4) is 0 Å². The van der Waals surface area contributed by atoms with Crippen molar-refractivity contribution in [1.82, 2.24) is 4.98 Å². The van der Waals surface area contributed by atoms with Crippen molar-refractivity contribution >= 4 is 28.2 Å². The first-order valence-electron chi connectivity index (χ1n) is 3.75. The fourth-order valence-corrected chi connectivity index (χ4v) is 1.53. The number of benzene rings is 1. The molecule has 0 aliphatic carbocycles. The minimum Gasteiger partial charge on any atom is -0.387 e. The molecule has 2 N–H and O–H groups in total. The molecule has 0 unspecified atom stereocenters. The molecule has 0 fully saturated rings. The van der Waals surface area contributed by atoms with Gasteiger partial charge >= 0.3 is 0 Å². The molecule has 0 saturated carbocycles. The van der Waals surface area contributed by atoms with Gasteiger partial charge in [0, 0.05) is 24.1 Å². The zero-order valence-corrected chi connectivity index (χ0v) is 7.44. The molecule has 1 aromatic carbocycles. The molecule has 0 aliphatic rings. The van der Waals surface area contributed by atoms with Crippen molar-refractivity contribution in [2.75, 3.05) is 12.4 Å². The third-order valence-corrected chi connectivity index (χ3v) is 2.22. The van der Waals surface area contributed by atoms with Crippen LogP contribution in [-0.4, -0.2) is 12.0 Å². The summed E-state index contributed by atoms with van der Waals surface area (Å²) in [6, 6.07) is 5.94. The summed E-state index contributed by atoms with van der Waals surface area (Å²) >= 11 is 5.98. The second kappa shape index (κ2) is 2.72. The Morgan fingerprint density at radius 3 is 3.00 bits per heavy atom. The van der Waals surface area contributed by atoms with Crippen LogP contribution < -0.4 is 5.32 Å². The first-order chi connectivity index (χ1) is 5.81. The summed E-state index contributed by atoms with van der Waals surface area (Å²) in [6.45, 7) is 0. The van der Waals surface area contributed by atoms with E-state index in [-0.39, 0.29) is 0 Å². The monoisotopic (exact) mass is 180 g/mol. The number of fused-ring (bicyclic) bond motifs is 1. The van der Waals surface area contributed by atoms with E-state index in [1.54, 1.807) is 0 Å². The number of H-pyrrole nitrogens is 1. The second-order valence-corrected chi connectivity index (χ2v) is 3.05. The van der Waals surface area contributed by atoms with E-state index in [4.69, 9.17) is 11.6 Å². The molecule has 0 saturated heterocycles. The Morgan fingerprint density at radius 2 is 2.25 bits per heavy atom. The average Bonchev–Trinajstić information content (AvgIpc) is 2.49. The maximum absolute atomic E-state index is 5.98. The molecule has 2 rings (SSSR count). The molecule has 2 nitrogen and oxygen atoms in total. The lowest BCUT2D eigenvalue weighted by Crippen LogP contribution is -1.88. The van der Waals surface area contributed by atoms with E-state index in [9.17, 15) is 0 Å². The predicted octanol–water partition coefficient (Wildman–Crippen LogP) is 2.86. The summed E-state index contributed by atoms with van der Waals surface area (Å²) < 4.78 is 0. The molecule has 62 valence electrons. The van der Waals surface area contributed by atoms with Gasteiger partial charge in [0.15, 0.2) is 0 Å². The number of hydrogen-bond acceptors (Lipinski definition) is 1. The van der Waals surface area contributed by atoms with E-state index in [1.807, 2.05) is 31.4 Å². The molecule has 0 bridgehead atoms. The molecule has 0 aliphatic heterocycles. The molecular weight excluding hydrogens is 172 g/mol. The first-order valence-corrected chi connectivity index (χ1v) is 4.13. The van der Waals surface area contributed by atoms with E-state index >= 15 is 0 Å². The standard InChI is InChI=1S/C9H9ClN2/c1-11-9-5-8-6(2-3-12-8)4-7(9)10/h2-5,11-12H,1H3. The molecule has 0 amide bonds. The van der Waals surface area contributed by atoms with Gasteiger partial charge in [-0.3, -0.25) is 0 Å². The van der Waals surface area contributed by atoms with E-state index in [2.05, 4.69) is 10.3 Å². The van der Waals surface area contributed by atoms with Crippen LogP contribution in [0.2, 0.25) is 5.02 Å². The Morgan fingerprint density at radius 1 is 1.42 bits per heavy atom. The van der Waals surface area contributed by atoms with Gasteiger partial charge in [-0.2, -0.15) is 0 Å². The number of halogens is 1. The number of aromatic nitrogens is 1. The maximum Gasteiger partial charge on any atom is 0.0644 e. The van der Waals surface area contributed by atoms with Crippen LogP contribution >= 0.6 is 11.6 Å². The van der Waals surface area contributed by atoms with Gasteiger partial charge in [-0.25, -0.2) is 0 Å². The van der Waals surface area contributed by atoms with Crippen molar-refractivity contribution in [1.29, 1.82) is 0 Å². The summed E-state index contributed by atoms with van der Waals surface area (Å²) in [6.07, 6.45) is 1.90. The van der Waals surface area contributed by atoms with Crippen molar-refractivity contribution in [2.45, 2.75) is 0 Å². The van der Waals surface area contributed by atoms with Gasteiger partial charge in [0.1, 0.15) is 0 Å². The molecule has 1 aromatic heterocycles. The van der Waals surface area contributed by atoms with Gasteiger partial charge in [0.2, 0.25) is 0 Å². The molecular formula is C9H9ClN2. The predicted molar refractivity (Wildman–Crippen MR) is 52.9 cm³/mol. The van der Waals surface area contributed by atoms with Crippen LogP contribution in [0.1, 0.15) is 0 Å². The lowest BCUT2D eigenvalue weighted by atomic mass is 10.2. The van der Waals surface area contributed by atoms with Crippen LogP contribution in [0.25, 0.3) is 10.9 Å². The topological polar surface area (TPSA) is 27.8 Å². The van der Waals surface area contributed by atoms with E-state index in [1.165, 1.54) is 0 Å². The van der Waals surface area contributed by atoms with Gasteiger partial charge in [-0.05, 0) is 18.2 Å². The summed E-state index contributed by atoms with van der Waals surface area (Å²) in [4.78, 5) is 3.12. The quantitative estimate of drug-likeness (QED) is 0.694. The number of aromatic amines is 1. The van der Waals surface area contributed by atoms with Crippen molar-refractivity contribution in [3.63, 3.8) is 0 Å². The first kappa shape index (κ1) is 7.50. The Kier molecular flexibility index (Phi) is 1.70. The fourth-order valence-electron chi connectivity index (χ4n) is 1.26. The number of hydrogen-bond donors (Lipinski definition) is 2. The highest BCUT2D eigenvalue weighted by Gasteiger charge is 2.00. The highest BCUT2D eigenvalue weighted by atomic mass is 35.5. The third-order valence-electron chi connectivity index (χ3n) is 1.91. The summed E-state index contributed by atoms with van der Waals surface area (Å²) in [5, 5.41) is 4.92. The van der Waals surface area contributed by atoms with Crippen molar-refractivity contribution in [3.8, 4) is 0 Å². The molecule has 3 heteroatoms. The Bertz CT molecular complexity index is 406. The van der Waals surface area contributed by atoms with Crippen molar-refractivity contribution < 1.29 is 0 Å². The van der Waals surface area contributed by atoms with Gasteiger partial charge in [-0.1, -0.05) is 11.6 Å². The molecule has 0 radical (unpaired) electrons. The van der Waals surface area contributed by atoms with Crippen LogP contribution in [0.5, 0.6) is 0 Å². The lowest BCUT2D eigenvalue weighted by Gasteiger charge is -2.02. The van der Waals surface area contributed by atoms with Crippen molar-refractivity contribution in [3.05, 3.63) is 29.4 Å². The molecule has 0 atom stereocenters. The normalized spacial score (nSPS) is 10.5. The van der Waals surface area contributed by atoms with Gasteiger partial charge in [0.05, 0.1) is 10.7 Å². The van der Waals surface area contributed by atoms with Gasteiger partial charge < -0.3 is 10.3 Å². The summed E-state index contributed by atoms with van der Waals surface area (Å²) in [5.41, 5.74) is 2.05. The van der Waals surface area contributed by atoms with E-state index in [0.717, 1.165) is 21.6 Å². The fraction of sp³-hybridized carbons (Fsp3) is 0.111. The largest absolute Gasteiger partial charge is 0.387 e. The average molecular weight is 181 g/mol. The highest BCUT2D eigenvalue weighted by Crippen LogP contribution is 2.26. The minimum atomic E-state index is 0.754. The third kappa shape index (κ3) is 1.04. The van der Waals surface area contributed by atoms with Crippen molar-refractivity contribution in [2.24, 2.45) is 0 Å². The zero-order valence-electron chi connectivity index (χ0n) is 6.69. The molecule has 12 heavy (non-hydrogen) atoms. The Hall–Kier alpha value is -1.15. The van der Waals surface area contributed by atoms with Crippen LogP contribution in [0.4, 0.5) is 5.69 Å². The Balaban J connectivity index is 2.73. The van der Waals surface area contributed by atoms with E-state index < -0.39 is 0 Å². The van der Waals surface area contributed by atoms with Crippen LogP contribution in [0.15, 0.2) is 24.4 Å².